The van der Waals surface area contributed by atoms with Gasteiger partial charge in [0.2, 0.25) is 0 Å². The lowest BCUT2D eigenvalue weighted by Crippen LogP contribution is -2.10. The van der Waals surface area contributed by atoms with Crippen LogP contribution in [-0.4, -0.2) is 16.5 Å². The van der Waals surface area contributed by atoms with Crippen LogP contribution in [-0.2, 0) is 6.42 Å². The third-order valence-electron chi connectivity index (χ3n) is 2.25. The Kier molecular flexibility index (Phi) is 4.34. The van der Waals surface area contributed by atoms with Crippen molar-refractivity contribution >= 4 is 11.6 Å². The highest BCUT2D eigenvalue weighted by molar-refractivity contribution is 5.54. The molecule has 1 aromatic rings. The van der Waals surface area contributed by atoms with Gasteiger partial charge in [-0.15, -0.1) is 0 Å². The molecule has 0 saturated heterocycles. The molecule has 0 aliphatic heterocycles. The van der Waals surface area contributed by atoms with Gasteiger partial charge in [0.1, 0.15) is 17.5 Å². The fourth-order valence-corrected chi connectivity index (χ4v) is 1.33. The molecule has 0 atom stereocenters. The molecule has 0 spiro atoms. The second-order valence-corrected chi connectivity index (χ2v) is 3.68. The van der Waals surface area contributed by atoms with Crippen molar-refractivity contribution < 1.29 is 0 Å². The molecule has 0 aliphatic rings. The summed E-state index contributed by atoms with van der Waals surface area (Å²) in [6.07, 6.45) is 2.99. The molecule has 15 heavy (non-hydrogen) atoms. The first-order valence-electron chi connectivity index (χ1n) is 5.55. The van der Waals surface area contributed by atoms with Gasteiger partial charge in [0, 0.05) is 18.5 Å². The average molecular weight is 208 g/mol. The third kappa shape index (κ3) is 3.08. The second kappa shape index (κ2) is 5.53. The van der Waals surface area contributed by atoms with Crippen LogP contribution in [0, 0.1) is 6.92 Å². The maximum Gasteiger partial charge on any atom is 0.134 e. The first-order chi connectivity index (χ1) is 7.19. The maximum absolute atomic E-state index is 5.83. The van der Waals surface area contributed by atoms with Crippen LogP contribution in [0.5, 0.6) is 0 Å². The Morgan fingerprint density at radius 3 is 2.53 bits per heavy atom. The number of aromatic nitrogens is 2. The molecule has 4 nitrogen and oxygen atoms in total. The molecule has 1 rings (SSSR count). The lowest BCUT2D eigenvalue weighted by Gasteiger charge is -2.10. The van der Waals surface area contributed by atoms with Crippen LogP contribution in [0.2, 0.25) is 0 Å². The first-order valence-corrected chi connectivity index (χ1v) is 5.55. The van der Waals surface area contributed by atoms with E-state index in [0.717, 1.165) is 43.0 Å². The normalized spacial score (nSPS) is 10.3. The highest BCUT2D eigenvalue weighted by Gasteiger charge is 2.07. The molecular weight excluding hydrogens is 188 g/mol. The van der Waals surface area contributed by atoms with Gasteiger partial charge in [-0.05, 0) is 19.8 Å². The van der Waals surface area contributed by atoms with E-state index in [-0.39, 0.29) is 0 Å². The van der Waals surface area contributed by atoms with Crippen molar-refractivity contribution in [2.45, 2.75) is 40.0 Å². The Bertz CT molecular complexity index is 323. The third-order valence-corrected chi connectivity index (χ3v) is 2.25. The van der Waals surface area contributed by atoms with Crippen molar-refractivity contribution in [3.63, 3.8) is 0 Å². The van der Waals surface area contributed by atoms with E-state index in [4.69, 9.17) is 5.73 Å². The molecule has 84 valence electrons. The van der Waals surface area contributed by atoms with Crippen LogP contribution < -0.4 is 11.1 Å². The lowest BCUT2D eigenvalue weighted by atomic mass is 10.2. The van der Waals surface area contributed by atoms with Gasteiger partial charge in [0.25, 0.3) is 0 Å². The summed E-state index contributed by atoms with van der Waals surface area (Å²) in [6.45, 7) is 7.10. The van der Waals surface area contributed by atoms with Crippen LogP contribution in [0.15, 0.2) is 0 Å². The van der Waals surface area contributed by atoms with Gasteiger partial charge in [0.05, 0.1) is 0 Å². The maximum atomic E-state index is 5.83. The van der Waals surface area contributed by atoms with Gasteiger partial charge in [-0.25, -0.2) is 9.97 Å². The van der Waals surface area contributed by atoms with Crippen molar-refractivity contribution in [1.29, 1.82) is 0 Å². The fourth-order valence-electron chi connectivity index (χ4n) is 1.33. The van der Waals surface area contributed by atoms with Crippen molar-refractivity contribution in [1.82, 2.24) is 9.97 Å². The topological polar surface area (TPSA) is 63.8 Å². The van der Waals surface area contributed by atoms with Crippen LogP contribution in [0.3, 0.4) is 0 Å². The van der Waals surface area contributed by atoms with Gasteiger partial charge in [-0.2, -0.15) is 0 Å². The second-order valence-electron chi connectivity index (χ2n) is 3.68. The standard InChI is InChI=1S/C11H20N4/c1-4-6-9-14-10(12)8(3)11(15-9)13-7-5-2/h4-7H2,1-3H3,(H3,12,13,14,15). The van der Waals surface area contributed by atoms with Crippen molar-refractivity contribution in [2.24, 2.45) is 0 Å². The zero-order valence-electron chi connectivity index (χ0n) is 9.80. The number of aryl methyl sites for hydroxylation is 1. The quantitative estimate of drug-likeness (QED) is 0.778. The molecule has 0 saturated carbocycles. The number of hydrogen-bond donors (Lipinski definition) is 2. The Labute approximate surface area is 91.3 Å². The Morgan fingerprint density at radius 1 is 1.20 bits per heavy atom. The van der Waals surface area contributed by atoms with Crippen LogP contribution in [0.4, 0.5) is 11.6 Å². The smallest absolute Gasteiger partial charge is 0.134 e. The number of nitrogens with one attached hydrogen (secondary N) is 1. The summed E-state index contributed by atoms with van der Waals surface area (Å²) in [4.78, 5) is 8.72. The van der Waals surface area contributed by atoms with E-state index in [9.17, 15) is 0 Å². The highest BCUT2D eigenvalue weighted by Crippen LogP contribution is 2.17. The number of nitrogens with zero attached hydrogens (tertiary/aromatic N) is 2. The number of anilines is 2. The van der Waals surface area contributed by atoms with Crippen molar-refractivity contribution in [3.8, 4) is 0 Å². The lowest BCUT2D eigenvalue weighted by molar-refractivity contribution is 0.831. The van der Waals surface area contributed by atoms with E-state index in [2.05, 4.69) is 29.1 Å². The monoisotopic (exact) mass is 208 g/mol. The van der Waals surface area contributed by atoms with Crippen LogP contribution >= 0.6 is 0 Å². The van der Waals surface area contributed by atoms with Gasteiger partial charge in [-0.1, -0.05) is 13.8 Å². The molecule has 4 heteroatoms. The first kappa shape index (κ1) is 11.8. The molecular formula is C11H20N4. The highest BCUT2D eigenvalue weighted by atomic mass is 15.1. The molecule has 0 aromatic carbocycles. The predicted octanol–water partition coefficient (Wildman–Crippen LogP) is 2.14. The molecule has 0 radical (unpaired) electrons. The SMILES string of the molecule is CCCNc1nc(CCC)nc(N)c1C. The number of nitrogen functional groups attached to an aromatic ring is 1. The predicted molar refractivity (Wildman–Crippen MR) is 64.0 cm³/mol. The van der Waals surface area contributed by atoms with E-state index in [1.165, 1.54) is 0 Å². The molecule has 3 N–H and O–H groups in total. The van der Waals surface area contributed by atoms with Crippen molar-refractivity contribution in [2.75, 3.05) is 17.6 Å². The zero-order valence-corrected chi connectivity index (χ0v) is 9.80. The summed E-state index contributed by atoms with van der Waals surface area (Å²) in [5, 5.41) is 3.27. The summed E-state index contributed by atoms with van der Waals surface area (Å²) in [5.74, 6) is 2.30. The largest absolute Gasteiger partial charge is 0.383 e. The van der Waals surface area contributed by atoms with Crippen molar-refractivity contribution in [3.05, 3.63) is 11.4 Å². The molecule has 1 heterocycles. The van der Waals surface area contributed by atoms with E-state index < -0.39 is 0 Å². The summed E-state index contributed by atoms with van der Waals surface area (Å²) < 4.78 is 0. The van der Waals surface area contributed by atoms with Gasteiger partial charge in [-0.3, -0.25) is 0 Å². The minimum Gasteiger partial charge on any atom is -0.383 e. The minimum absolute atomic E-state index is 0.590. The van der Waals surface area contributed by atoms with Crippen LogP contribution in [0.1, 0.15) is 38.1 Å². The summed E-state index contributed by atoms with van der Waals surface area (Å²) in [6, 6.07) is 0. The fraction of sp³-hybridized carbons (Fsp3) is 0.636. The van der Waals surface area contributed by atoms with Gasteiger partial charge >= 0.3 is 0 Å². The molecule has 0 bridgehead atoms. The number of hydrogen-bond acceptors (Lipinski definition) is 4. The summed E-state index contributed by atoms with van der Waals surface area (Å²) >= 11 is 0. The molecule has 0 amide bonds. The van der Waals surface area contributed by atoms with Crippen LogP contribution in [0.25, 0.3) is 0 Å². The number of nitrogens with two attached hydrogens (primary N) is 1. The molecule has 0 aliphatic carbocycles. The van der Waals surface area contributed by atoms with Gasteiger partial charge in [0.15, 0.2) is 0 Å². The van der Waals surface area contributed by atoms with E-state index in [1.54, 1.807) is 0 Å². The van der Waals surface area contributed by atoms with Gasteiger partial charge < -0.3 is 11.1 Å². The Balaban J connectivity index is 2.91. The van der Waals surface area contributed by atoms with E-state index in [0.29, 0.717) is 5.82 Å². The minimum atomic E-state index is 0.590. The average Bonchev–Trinajstić information content (AvgIpc) is 2.21. The molecule has 1 aromatic heterocycles. The Morgan fingerprint density at radius 2 is 1.93 bits per heavy atom. The molecule has 0 unspecified atom stereocenters. The summed E-state index contributed by atoms with van der Waals surface area (Å²) in [5.41, 5.74) is 6.78. The van der Waals surface area contributed by atoms with E-state index in [1.807, 2.05) is 6.92 Å². The molecule has 0 fully saturated rings. The van der Waals surface area contributed by atoms with E-state index >= 15 is 0 Å². The Hall–Kier alpha value is -1.32. The number of rotatable bonds is 5. The summed E-state index contributed by atoms with van der Waals surface area (Å²) in [7, 11) is 0. The zero-order chi connectivity index (χ0) is 11.3.